The Labute approximate surface area is 153 Å². The third kappa shape index (κ3) is 5.02. The lowest BCUT2D eigenvalue weighted by molar-refractivity contribution is 0.627. The number of rotatable bonds is 7. The summed E-state index contributed by atoms with van der Waals surface area (Å²) in [7, 11) is 2.02. The van der Waals surface area contributed by atoms with Gasteiger partial charge in [-0.2, -0.15) is 0 Å². The van der Waals surface area contributed by atoms with Crippen LogP contribution in [0.15, 0.2) is 60.7 Å². The lowest BCUT2D eigenvalue weighted by Crippen LogP contribution is -2.19. The molecule has 1 N–H and O–H groups in total. The van der Waals surface area contributed by atoms with Gasteiger partial charge in [0.15, 0.2) is 0 Å². The van der Waals surface area contributed by atoms with E-state index in [1.807, 2.05) is 38.2 Å². The van der Waals surface area contributed by atoms with Gasteiger partial charge in [-0.3, -0.25) is 0 Å². The summed E-state index contributed by atoms with van der Waals surface area (Å²) in [5.74, 6) is 2.20. The van der Waals surface area contributed by atoms with Gasteiger partial charge in [-0.15, -0.1) is 0 Å². The topological polar surface area (TPSA) is 41.1 Å². The summed E-state index contributed by atoms with van der Waals surface area (Å²) in [6, 6.07) is 18.8. The van der Waals surface area contributed by atoms with E-state index in [-0.39, 0.29) is 5.82 Å². The molecule has 4 nitrogen and oxygen atoms in total. The first kappa shape index (κ1) is 17.9. The van der Waals surface area contributed by atoms with Crippen molar-refractivity contribution in [2.45, 2.75) is 19.9 Å². The largest absolute Gasteiger partial charge is 0.370 e. The molecule has 0 aliphatic rings. The van der Waals surface area contributed by atoms with E-state index >= 15 is 0 Å². The third-order valence-electron chi connectivity index (χ3n) is 4.11. The number of hydrogen-bond donors (Lipinski definition) is 1. The van der Waals surface area contributed by atoms with Crippen LogP contribution in [0.3, 0.4) is 0 Å². The predicted octanol–water partition coefficient (Wildman–Crippen LogP) is 4.22. The minimum absolute atomic E-state index is 0.209. The van der Waals surface area contributed by atoms with Crippen molar-refractivity contribution in [1.29, 1.82) is 0 Å². The van der Waals surface area contributed by atoms with E-state index in [0.29, 0.717) is 0 Å². The summed E-state index contributed by atoms with van der Waals surface area (Å²) < 4.78 is 13.0. The molecular weight excluding hydrogens is 327 g/mol. The zero-order chi connectivity index (χ0) is 18.4. The van der Waals surface area contributed by atoms with Gasteiger partial charge in [0, 0.05) is 26.2 Å². The van der Waals surface area contributed by atoms with Crippen molar-refractivity contribution < 1.29 is 4.39 Å². The maximum Gasteiger partial charge on any atom is 0.134 e. The second-order valence-corrected chi connectivity index (χ2v) is 6.30. The molecule has 0 saturated heterocycles. The van der Waals surface area contributed by atoms with Crippen molar-refractivity contribution in [3.8, 4) is 0 Å². The predicted molar refractivity (Wildman–Crippen MR) is 104 cm³/mol. The summed E-state index contributed by atoms with van der Waals surface area (Å²) in [4.78, 5) is 11.1. The van der Waals surface area contributed by atoms with Gasteiger partial charge in [-0.25, -0.2) is 14.4 Å². The molecule has 0 aliphatic heterocycles. The van der Waals surface area contributed by atoms with Crippen LogP contribution in [0.1, 0.15) is 17.0 Å². The smallest absolute Gasteiger partial charge is 0.134 e. The van der Waals surface area contributed by atoms with Crippen LogP contribution in [-0.2, 0) is 13.0 Å². The molecule has 2 aromatic carbocycles. The van der Waals surface area contributed by atoms with Crippen molar-refractivity contribution in [1.82, 2.24) is 9.97 Å². The minimum atomic E-state index is -0.209. The standard InChI is InChI=1S/C21H23FN4/c1-16-24-20(23-13-12-17-8-10-19(22)11-9-17)14-21(25-16)26(2)15-18-6-4-3-5-7-18/h3-11,14H,12-13,15H2,1-2H3,(H,23,24,25). The molecule has 0 bridgehead atoms. The SMILES string of the molecule is Cc1nc(NCCc2ccc(F)cc2)cc(N(C)Cc2ccccc2)n1. The third-order valence-corrected chi connectivity index (χ3v) is 4.11. The quantitative estimate of drug-likeness (QED) is 0.693. The molecule has 3 rings (SSSR count). The summed E-state index contributed by atoms with van der Waals surface area (Å²) in [6.07, 6.45) is 0.804. The van der Waals surface area contributed by atoms with Gasteiger partial charge in [-0.1, -0.05) is 42.5 Å². The Balaban J connectivity index is 1.62. The van der Waals surface area contributed by atoms with E-state index in [1.165, 1.54) is 17.7 Å². The first-order valence-electron chi connectivity index (χ1n) is 8.69. The van der Waals surface area contributed by atoms with Crippen LogP contribution in [0.4, 0.5) is 16.0 Å². The molecule has 1 aromatic heterocycles. The van der Waals surface area contributed by atoms with Gasteiger partial charge < -0.3 is 10.2 Å². The number of halogens is 1. The van der Waals surface area contributed by atoms with E-state index in [4.69, 9.17) is 0 Å². The molecule has 0 atom stereocenters. The summed E-state index contributed by atoms with van der Waals surface area (Å²) in [6.45, 7) is 3.40. The fourth-order valence-corrected chi connectivity index (χ4v) is 2.76. The van der Waals surface area contributed by atoms with E-state index < -0.39 is 0 Å². The maximum absolute atomic E-state index is 13.0. The van der Waals surface area contributed by atoms with Crippen LogP contribution in [0.25, 0.3) is 0 Å². The van der Waals surface area contributed by atoms with Crippen LogP contribution >= 0.6 is 0 Å². The Morgan fingerprint density at radius 2 is 1.69 bits per heavy atom. The molecule has 0 aliphatic carbocycles. The molecule has 0 saturated carbocycles. The van der Waals surface area contributed by atoms with Gasteiger partial charge in [0.1, 0.15) is 23.3 Å². The highest BCUT2D eigenvalue weighted by atomic mass is 19.1. The zero-order valence-electron chi connectivity index (χ0n) is 15.1. The number of hydrogen-bond acceptors (Lipinski definition) is 4. The van der Waals surface area contributed by atoms with E-state index in [1.54, 1.807) is 12.1 Å². The van der Waals surface area contributed by atoms with Crippen LogP contribution in [0.2, 0.25) is 0 Å². The zero-order valence-corrected chi connectivity index (χ0v) is 15.1. The lowest BCUT2D eigenvalue weighted by Gasteiger charge is -2.19. The van der Waals surface area contributed by atoms with Crippen LogP contribution in [-0.4, -0.2) is 23.6 Å². The number of aromatic nitrogens is 2. The van der Waals surface area contributed by atoms with Gasteiger partial charge in [0.2, 0.25) is 0 Å². The van der Waals surface area contributed by atoms with E-state index in [0.717, 1.165) is 42.5 Å². The molecule has 0 amide bonds. The minimum Gasteiger partial charge on any atom is -0.370 e. The molecule has 3 aromatic rings. The normalized spacial score (nSPS) is 10.6. The highest BCUT2D eigenvalue weighted by Crippen LogP contribution is 2.17. The summed E-state index contributed by atoms with van der Waals surface area (Å²) >= 11 is 0. The number of nitrogens with zero attached hydrogens (tertiary/aromatic N) is 3. The van der Waals surface area contributed by atoms with E-state index in [2.05, 4.69) is 32.3 Å². The number of nitrogens with one attached hydrogen (secondary N) is 1. The average molecular weight is 350 g/mol. The molecular formula is C21H23FN4. The fourth-order valence-electron chi connectivity index (χ4n) is 2.76. The van der Waals surface area contributed by atoms with Crippen molar-refractivity contribution in [2.75, 3.05) is 23.8 Å². The molecule has 0 radical (unpaired) electrons. The van der Waals surface area contributed by atoms with Crippen LogP contribution in [0.5, 0.6) is 0 Å². The monoisotopic (exact) mass is 350 g/mol. The first-order valence-corrected chi connectivity index (χ1v) is 8.69. The van der Waals surface area contributed by atoms with Crippen molar-refractivity contribution in [2.24, 2.45) is 0 Å². The molecule has 0 spiro atoms. The molecule has 0 unspecified atom stereocenters. The number of aryl methyl sites for hydroxylation is 1. The number of anilines is 2. The molecule has 5 heteroatoms. The second kappa shape index (κ2) is 8.43. The van der Waals surface area contributed by atoms with E-state index in [9.17, 15) is 4.39 Å². The van der Waals surface area contributed by atoms with Crippen LogP contribution < -0.4 is 10.2 Å². The Morgan fingerprint density at radius 1 is 0.962 bits per heavy atom. The van der Waals surface area contributed by atoms with Crippen LogP contribution in [0, 0.1) is 12.7 Å². The van der Waals surface area contributed by atoms with Gasteiger partial charge in [0.05, 0.1) is 0 Å². The average Bonchev–Trinajstić information content (AvgIpc) is 2.64. The van der Waals surface area contributed by atoms with Crippen molar-refractivity contribution >= 4 is 11.6 Å². The molecule has 1 heterocycles. The molecule has 26 heavy (non-hydrogen) atoms. The summed E-state index contributed by atoms with van der Waals surface area (Å²) in [5.41, 5.74) is 2.32. The Morgan fingerprint density at radius 3 is 2.42 bits per heavy atom. The Hall–Kier alpha value is -2.95. The second-order valence-electron chi connectivity index (χ2n) is 6.30. The van der Waals surface area contributed by atoms with Crippen molar-refractivity contribution in [3.05, 3.63) is 83.4 Å². The van der Waals surface area contributed by atoms with Crippen molar-refractivity contribution in [3.63, 3.8) is 0 Å². The maximum atomic E-state index is 13.0. The fraction of sp³-hybridized carbons (Fsp3) is 0.238. The lowest BCUT2D eigenvalue weighted by atomic mass is 10.1. The highest BCUT2D eigenvalue weighted by Gasteiger charge is 2.07. The van der Waals surface area contributed by atoms with Gasteiger partial charge in [0.25, 0.3) is 0 Å². The van der Waals surface area contributed by atoms with Gasteiger partial charge in [-0.05, 0) is 36.6 Å². The molecule has 134 valence electrons. The summed E-state index contributed by atoms with van der Waals surface area (Å²) in [5, 5.41) is 3.34. The molecule has 0 fully saturated rings. The highest BCUT2D eigenvalue weighted by molar-refractivity contribution is 5.49. The first-order chi connectivity index (χ1) is 12.6. The van der Waals surface area contributed by atoms with Gasteiger partial charge >= 0.3 is 0 Å². The Kier molecular flexibility index (Phi) is 5.79. The Bertz CT molecular complexity index is 834. The number of benzene rings is 2.